The molecule has 2 rings (SSSR count). The van der Waals surface area contributed by atoms with Crippen molar-refractivity contribution in [3.05, 3.63) is 22.4 Å². The molecular formula is C14H19Cl2N3O4S. The predicted octanol–water partition coefficient (Wildman–Crippen LogP) is 2.93. The Hall–Kier alpha value is -1.09. The number of hydrogen-bond acceptors (Lipinski definition) is 4. The average molecular weight is 396 g/mol. The summed E-state index contributed by atoms with van der Waals surface area (Å²) >= 11 is 11.6. The van der Waals surface area contributed by atoms with Crippen LogP contribution in [0.2, 0.25) is 10.3 Å². The number of carboxylic acid groups (broad SMARTS) is 1. The first-order valence-corrected chi connectivity index (χ1v) is 9.48. The number of carbonyl (C=O) groups is 1. The summed E-state index contributed by atoms with van der Waals surface area (Å²) < 4.78 is 26.7. The van der Waals surface area contributed by atoms with E-state index < -0.39 is 27.7 Å². The minimum Gasteiger partial charge on any atom is -0.465 e. The maximum Gasteiger partial charge on any atom is 0.408 e. The minimum atomic E-state index is -3.86. The van der Waals surface area contributed by atoms with Crippen LogP contribution in [-0.4, -0.2) is 58.5 Å². The Morgan fingerprint density at radius 1 is 1.38 bits per heavy atom. The van der Waals surface area contributed by atoms with Gasteiger partial charge in [-0.2, -0.15) is 4.31 Å². The molecule has 0 bridgehead atoms. The molecule has 2 heterocycles. The maximum atomic E-state index is 12.7. The number of pyridine rings is 1. The zero-order valence-corrected chi connectivity index (χ0v) is 15.9. The Labute approximate surface area is 151 Å². The summed E-state index contributed by atoms with van der Waals surface area (Å²) in [5.74, 6) is 0. The number of halogens is 2. The molecule has 1 amide bonds. The van der Waals surface area contributed by atoms with Gasteiger partial charge in [0, 0.05) is 18.6 Å². The molecule has 134 valence electrons. The van der Waals surface area contributed by atoms with Gasteiger partial charge in [-0.25, -0.2) is 18.2 Å². The molecule has 0 spiro atoms. The molecule has 0 unspecified atom stereocenters. The largest absolute Gasteiger partial charge is 0.465 e. The van der Waals surface area contributed by atoms with Gasteiger partial charge in [-0.05, 0) is 39.3 Å². The molecule has 0 aromatic carbocycles. The van der Waals surface area contributed by atoms with Crippen molar-refractivity contribution < 1.29 is 18.3 Å². The lowest BCUT2D eigenvalue weighted by atomic mass is 10.0. The van der Waals surface area contributed by atoms with Crippen LogP contribution in [0.25, 0.3) is 0 Å². The highest BCUT2D eigenvalue weighted by atomic mass is 35.5. The standard InChI is InChI=1S/C14H19Cl2N3O4S/c1-14(2,3)19(13(20)21)9-6-7-18(8-9)24(22,23)10-4-5-11(15)17-12(10)16/h4-5,9H,6-8H2,1-3H3,(H,20,21)/t9-/m0/s1. The van der Waals surface area contributed by atoms with E-state index >= 15 is 0 Å². The van der Waals surface area contributed by atoms with Crippen molar-refractivity contribution in [1.29, 1.82) is 0 Å². The third-order valence-corrected chi connectivity index (χ3v) is 6.33. The van der Waals surface area contributed by atoms with Gasteiger partial charge in [0.2, 0.25) is 10.0 Å². The third kappa shape index (κ3) is 3.77. The molecule has 7 nitrogen and oxygen atoms in total. The number of aromatic nitrogens is 1. The third-order valence-electron chi connectivity index (χ3n) is 3.82. The fraction of sp³-hybridized carbons (Fsp3) is 0.571. The van der Waals surface area contributed by atoms with E-state index in [1.54, 1.807) is 20.8 Å². The number of sulfonamides is 1. The van der Waals surface area contributed by atoms with Crippen LogP contribution in [0.3, 0.4) is 0 Å². The number of amides is 1. The van der Waals surface area contributed by atoms with Crippen LogP contribution >= 0.6 is 23.2 Å². The molecule has 1 atom stereocenters. The lowest BCUT2D eigenvalue weighted by molar-refractivity contribution is 0.0742. The molecule has 1 aromatic heterocycles. The summed E-state index contributed by atoms with van der Waals surface area (Å²) in [5.41, 5.74) is -0.629. The van der Waals surface area contributed by atoms with Crippen molar-refractivity contribution in [2.24, 2.45) is 0 Å². The molecule has 0 radical (unpaired) electrons. The summed E-state index contributed by atoms with van der Waals surface area (Å²) in [7, 11) is -3.86. The van der Waals surface area contributed by atoms with Crippen LogP contribution in [-0.2, 0) is 10.0 Å². The summed E-state index contributed by atoms with van der Waals surface area (Å²) in [5, 5.41) is 9.36. The molecule has 0 saturated carbocycles. The van der Waals surface area contributed by atoms with Crippen LogP contribution in [0.5, 0.6) is 0 Å². The van der Waals surface area contributed by atoms with Crippen molar-refractivity contribution in [3.8, 4) is 0 Å². The topological polar surface area (TPSA) is 90.8 Å². The first-order valence-electron chi connectivity index (χ1n) is 7.29. The highest BCUT2D eigenvalue weighted by molar-refractivity contribution is 7.89. The Balaban J connectivity index is 2.28. The number of hydrogen-bond donors (Lipinski definition) is 1. The van der Waals surface area contributed by atoms with Crippen LogP contribution in [0.4, 0.5) is 4.79 Å². The van der Waals surface area contributed by atoms with Crippen LogP contribution in [0, 0.1) is 0 Å². The zero-order valence-electron chi connectivity index (χ0n) is 13.5. The lowest BCUT2D eigenvalue weighted by Gasteiger charge is -2.37. The minimum absolute atomic E-state index is 0.0743. The SMILES string of the molecule is CC(C)(C)N(C(=O)O)[C@H]1CCN(S(=O)(=O)c2ccc(Cl)nc2Cl)C1. The quantitative estimate of drug-likeness (QED) is 0.794. The van der Waals surface area contributed by atoms with Crippen molar-refractivity contribution >= 4 is 39.3 Å². The van der Waals surface area contributed by atoms with E-state index in [1.807, 2.05) is 0 Å². The summed E-state index contributed by atoms with van der Waals surface area (Å²) in [6.45, 7) is 5.62. The molecule has 1 aromatic rings. The Morgan fingerprint density at radius 2 is 2.00 bits per heavy atom. The van der Waals surface area contributed by atoms with Gasteiger partial charge in [0.15, 0.2) is 5.15 Å². The molecule has 1 aliphatic rings. The maximum absolute atomic E-state index is 12.7. The number of rotatable bonds is 3. The molecule has 1 fully saturated rings. The predicted molar refractivity (Wildman–Crippen MR) is 91.0 cm³/mol. The fourth-order valence-electron chi connectivity index (χ4n) is 2.86. The summed E-state index contributed by atoms with van der Waals surface area (Å²) in [6, 6.07) is 2.24. The van der Waals surface area contributed by atoms with Crippen molar-refractivity contribution in [3.63, 3.8) is 0 Å². The molecule has 0 aliphatic carbocycles. The van der Waals surface area contributed by atoms with Gasteiger partial charge in [0.25, 0.3) is 0 Å². The van der Waals surface area contributed by atoms with E-state index in [9.17, 15) is 18.3 Å². The highest BCUT2D eigenvalue weighted by Gasteiger charge is 2.41. The van der Waals surface area contributed by atoms with Crippen LogP contribution in [0.15, 0.2) is 17.0 Å². The first kappa shape index (κ1) is 19.2. The monoisotopic (exact) mass is 395 g/mol. The summed E-state index contributed by atoms with van der Waals surface area (Å²) in [6.07, 6.45) is -0.653. The lowest BCUT2D eigenvalue weighted by Crippen LogP contribution is -2.52. The van der Waals surface area contributed by atoms with Crippen molar-refractivity contribution in [2.75, 3.05) is 13.1 Å². The van der Waals surface area contributed by atoms with E-state index in [-0.39, 0.29) is 28.3 Å². The molecule has 1 N–H and O–H groups in total. The fourth-order valence-corrected chi connectivity index (χ4v) is 4.99. The van der Waals surface area contributed by atoms with Gasteiger partial charge in [-0.15, -0.1) is 0 Å². The molecule has 1 aliphatic heterocycles. The van der Waals surface area contributed by atoms with Crippen molar-refractivity contribution in [1.82, 2.24) is 14.2 Å². The van der Waals surface area contributed by atoms with Gasteiger partial charge in [0.05, 0.1) is 6.04 Å². The second kappa shape index (κ2) is 6.67. The van der Waals surface area contributed by atoms with Crippen molar-refractivity contribution in [2.45, 2.75) is 43.7 Å². The Morgan fingerprint density at radius 3 is 2.50 bits per heavy atom. The summed E-state index contributed by atoms with van der Waals surface area (Å²) in [4.78, 5) is 16.5. The van der Waals surface area contributed by atoms with E-state index in [2.05, 4.69) is 4.98 Å². The smallest absolute Gasteiger partial charge is 0.408 e. The second-order valence-corrected chi connectivity index (χ2v) is 9.20. The van der Waals surface area contributed by atoms with E-state index in [4.69, 9.17) is 23.2 Å². The Kier molecular flexibility index (Phi) is 5.34. The molecular weight excluding hydrogens is 377 g/mol. The molecule has 1 saturated heterocycles. The molecule has 10 heteroatoms. The van der Waals surface area contributed by atoms with E-state index in [0.717, 1.165) is 0 Å². The van der Waals surface area contributed by atoms with E-state index in [0.29, 0.717) is 6.42 Å². The van der Waals surface area contributed by atoms with Crippen LogP contribution < -0.4 is 0 Å². The van der Waals surface area contributed by atoms with Gasteiger partial charge < -0.3 is 5.11 Å². The number of nitrogens with zero attached hydrogens (tertiary/aromatic N) is 3. The van der Waals surface area contributed by atoms with E-state index in [1.165, 1.54) is 21.3 Å². The second-order valence-electron chi connectivity index (χ2n) is 6.55. The average Bonchev–Trinajstić information content (AvgIpc) is 2.85. The van der Waals surface area contributed by atoms with Gasteiger partial charge in [0.1, 0.15) is 10.0 Å². The van der Waals surface area contributed by atoms with Gasteiger partial charge in [-0.3, -0.25) is 4.90 Å². The van der Waals surface area contributed by atoms with Gasteiger partial charge >= 0.3 is 6.09 Å². The first-order chi connectivity index (χ1) is 10.9. The van der Waals surface area contributed by atoms with Gasteiger partial charge in [-0.1, -0.05) is 23.2 Å². The normalized spacial score (nSPS) is 19.5. The van der Waals surface area contributed by atoms with Crippen LogP contribution in [0.1, 0.15) is 27.2 Å². The molecule has 24 heavy (non-hydrogen) atoms. The Bertz CT molecular complexity index is 749. The highest BCUT2D eigenvalue weighted by Crippen LogP contribution is 2.30. The zero-order chi connectivity index (χ0) is 18.3.